The second kappa shape index (κ2) is 8.31. The van der Waals surface area contributed by atoms with Crippen molar-refractivity contribution in [2.75, 3.05) is 6.61 Å². The van der Waals surface area contributed by atoms with Gasteiger partial charge in [0.15, 0.2) is 6.61 Å². The van der Waals surface area contributed by atoms with Crippen molar-refractivity contribution in [3.63, 3.8) is 0 Å². The van der Waals surface area contributed by atoms with E-state index in [0.717, 1.165) is 0 Å². The molecule has 8 nitrogen and oxygen atoms in total. The molecule has 0 aliphatic carbocycles. The molecule has 0 spiro atoms. The van der Waals surface area contributed by atoms with Gasteiger partial charge in [0.2, 0.25) is 5.78 Å². The molecular formula is C22H18FN5O3. The van der Waals surface area contributed by atoms with Gasteiger partial charge in [-0.3, -0.25) is 4.79 Å². The minimum Gasteiger partial charge on any atom is -0.454 e. The highest BCUT2D eigenvalue weighted by molar-refractivity contribution is 6.01. The number of ketones is 1. The first-order chi connectivity index (χ1) is 15.0. The highest BCUT2D eigenvalue weighted by Gasteiger charge is 2.21. The molecule has 2 aromatic heterocycles. The van der Waals surface area contributed by atoms with E-state index in [1.807, 2.05) is 0 Å². The summed E-state index contributed by atoms with van der Waals surface area (Å²) < 4.78 is 22.5. The Morgan fingerprint density at radius 2 is 1.71 bits per heavy atom. The van der Waals surface area contributed by atoms with E-state index in [-0.39, 0.29) is 11.3 Å². The van der Waals surface area contributed by atoms with Gasteiger partial charge in [0.1, 0.15) is 12.1 Å². The van der Waals surface area contributed by atoms with Crippen LogP contribution in [0, 0.1) is 19.7 Å². The number of halogens is 1. The Balaban J connectivity index is 1.54. The molecule has 0 saturated heterocycles. The fraction of sp³-hybridized carbons (Fsp3) is 0.136. The number of ether oxygens (including phenoxy) is 1. The second-order valence-corrected chi connectivity index (χ2v) is 6.84. The molecule has 0 fully saturated rings. The van der Waals surface area contributed by atoms with E-state index in [0.29, 0.717) is 28.3 Å². The average molecular weight is 419 g/mol. The first-order valence-corrected chi connectivity index (χ1v) is 9.44. The third kappa shape index (κ3) is 3.85. The van der Waals surface area contributed by atoms with Crippen molar-refractivity contribution in [3.8, 4) is 11.4 Å². The van der Waals surface area contributed by atoms with Crippen LogP contribution in [0.2, 0.25) is 0 Å². The first-order valence-electron chi connectivity index (χ1n) is 9.44. The number of aryl methyl sites for hydroxylation is 1. The van der Waals surface area contributed by atoms with Gasteiger partial charge in [-0.1, -0.05) is 24.3 Å². The number of Topliss-reactive ketones (excluding diaryl/α,β-unsaturated/α-hetero) is 1. The molecule has 156 valence electrons. The van der Waals surface area contributed by atoms with Crippen molar-refractivity contribution < 1.29 is 18.7 Å². The molecule has 2 heterocycles. The SMILES string of the molecule is Cc1cc(C(=O)COC(=O)c2ccccc2-n2cnnn2)c(C)n1-c1ccccc1F. The highest BCUT2D eigenvalue weighted by atomic mass is 19.1. The molecule has 31 heavy (non-hydrogen) atoms. The number of hydrogen-bond donors (Lipinski definition) is 0. The number of benzene rings is 2. The van der Waals surface area contributed by atoms with Crippen molar-refractivity contribution in [3.05, 3.63) is 89.3 Å². The van der Waals surface area contributed by atoms with Gasteiger partial charge < -0.3 is 9.30 Å². The van der Waals surface area contributed by atoms with Gasteiger partial charge in [0.05, 0.1) is 16.9 Å². The lowest BCUT2D eigenvalue weighted by molar-refractivity contribution is 0.0474. The van der Waals surface area contributed by atoms with Crippen LogP contribution in [0.15, 0.2) is 60.9 Å². The zero-order valence-corrected chi connectivity index (χ0v) is 16.8. The van der Waals surface area contributed by atoms with Gasteiger partial charge in [-0.25, -0.2) is 9.18 Å². The van der Waals surface area contributed by atoms with Crippen LogP contribution in [0.25, 0.3) is 11.4 Å². The van der Waals surface area contributed by atoms with E-state index in [9.17, 15) is 14.0 Å². The van der Waals surface area contributed by atoms with Crippen LogP contribution in [-0.4, -0.2) is 43.1 Å². The van der Waals surface area contributed by atoms with Gasteiger partial charge in [0, 0.05) is 17.0 Å². The van der Waals surface area contributed by atoms with Gasteiger partial charge in [-0.2, -0.15) is 4.68 Å². The molecule has 0 N–H and O–H groups in total. The van der Waals surface area contributed by atoms with Crippen LogP contribution < -0.4 is 0 Å². The summed E-state index contributed by atoms with van der Waals surface area (Å²) in [6, 6.07) is 14.6. The Hall–Kier alpha value is -4.14. The van der Waals surface area contributed by atoms with Crippen LogP contribution in [0.3, 0.4) is 0 Å². The predicted molar refractivity (Wildman–Crippen MR) is 109 cm³/mol. The molecule has 0 radical (unpaired) electrons. The minimum absolute atomic E-state index is 0.222. The lowest BCUT2D eigenvalue weighted by Crippen LogP contribution is -2.16. The van der Waals surface area contributed by atoms with E-state index >= 15 is 0 Å². The van der Waals surface area contributed by atoms with Crippen LogP contribution in [0.4, 0.5) is 4.39 Å². The Morgan fingerprint density at radius 3 is 2.42 bits per heavy atom. The molecule has 0 unspecified atom stereocenters. The fourth-order valence-electron chi connectivity index (χ4n) is 3.45. The van der Waals surface area contributed by atoms with Gasteiger partial charge in [-0.05, 0) is 54.6 Å². The third-order valence-electron chi connectivity index (χ3n) is 4.88. The summed E-state index contributed by atoms with van der Waals surface area (Å²) in [5.74, 6) is -1.46. The maximum absolute atomic E-state index is 14.3. The Kier molecular flexibility index (Phi) is 5.40. The topological polar surface area (TPSA) is 91.9 Å². The van der Waals surface area contributed by atoms with Crippen molar-refractivity contribution in [2.24, 2.45) is 0 Å². The minimum atomic E-state index is -0.678. The molecule has 4 aromatic rings. The summed E-state index contributed by atoms with van der Waals surface area (Å²) in [6.07, 6.45) is 1.36. The standard InChI is InChI=1S/C22H18FN5O3/c1-14-11-17(15(2)28(14)20-10-6-4-8-18(20)23)21(29)12-31-22(30)16-7-3-5-9-19(16)27-13-24-25-26-27/h3-11,13H,12H2,1-2H3. The molecule has 0 saturated carbocycles. The number of carbonyl (C=O) groups excluding carboxylic acids is 2. The summed E-state index contributed by atoms with van der Waals surface area (Å²) in [5, 5.41) is 10.9. The zero-order valence-electron chi connectivity index (χ0n) is 16.8. The largest absolute Gasteiger partial charge is 0.454 e. The molecule has 2 aromatic carbocycles. The zero-order chi connectivity index (χ0) is 22.0. The predicted octanol–water partition coefficient (Wildman–Crippen LogP) is 3.25. The Labute approximate surface area is 176 Å². The summed E-state index contributed by atoms with van der Waals surface area (Å²) in [4.78, 5) is 25.4. The van der Waals surface area contributed by atoms with Crippen LogP contribution in [0.1, 0.15) is 32.1 Å². The fourth-order valence-corrected chi connectivity index (χ4v) is 3.45. The normalized spacial score (nSPS) is 10.8. The number of hydrogen-bond acceptors (Lipinski definition) is 6. The molecule has 9 heteroatoms. The Morgan fingerprint density at radius 1 is 1.00 bits per heavy atom. The summed E-state index contributed by atoms with van der Waals surface area (Å²) in [6.45, 7) is 3.05. The van der Waals surface area contributed by atoms with E-state index in [4.69, 9.17) is 4.74 Å². The van der Waals surface area contributed by atoms with Crippen molar-refractivity contribution >= 4 is 11.8 Å². The Bertz CT molecular complexity index is 1260. The van der Waals surface area contributed by atoms with E-state index in [1.165, 1.54) is 17.1 Å². The van der Waals surface area contributed by atoms with Crippen LogP contribution in [-0.2, 0) is 4.74 Å². The van der Waals surface area contributed by atoms with Crippen LogP contribution in [0.5, 0.6) is 0 Å². The molecule has 0 bridgehead atoms. The third-order valence-corrected chi connectivity index (χ3v) is 4.88. The molecule has 4 rings (SSSR count). The highest BCUT2D eigenvalue weighted by Crippen LogP contribution is 2.23. The number of rotatable bonds is 6. The van der Waals surface area contributed by atoms with E-state index < -0.39 is 18.4 Å². The molecule has 0 aliphatic rings. The van der Waals surface area contributed by atoms with E-state index in [1.54, 1.807) is 66.9 Å². The van der Waals surface area contributed by atoms with Gasteiger partial charge >= 0.3 is 5.97 Å². The number of para-hydroxylation sites is 2. The maximum atomic E-state index is 14.3. The molecule has 0 amide bonds. The lowest BCUT2D eigenvalue weighted by Gasteiger charge is -2.11. The molecule has 0 aliphatic heterocycles. The van der Waals surface area contributed by atoms with Gasteiger partial charge in [0.25, 0.3) is 0 Å². The second-order valence-electron chi connectivity index (χ2n) is 6.84. The monoisotopic (exact) mass is 419 g/mol. The number of esters is 1. The summed E-state index contributed by atoms with van der Waals surface area (Å²) >= 11 is 0. The summed E-state index contributed by atoms with van der Waals surface area (Å²) in [5.41, 5.74) is 2.63. The van der Waals surface area contributed by atoms with Crippen molar-refractivity contribution in [1.29, 1.82) is 0 Å². The number of nitrogens with zero attached hydrogens (tertiary/aromatic N) is 5. The lowest BCUT2D eigenvalue weighted by atomic mass is 10.1. The maximum Gasteiger partial charge on any atom is 0.340 e. The van der Waals surface area contributed by atoms with E-state index in [2.05, 4.69) is 15.5 Å². The molecular weight excluding hydrogens is 401 g/mol. The van der Waals surface area contributed by atoms with Crippen molar-refractivity contribution in [2.45, 2.75) is 13.8 Å². The summed E-state index contributed by atoms with van der Waals surface area (Å²) in [7, 11) is 0. The number of aromatic nitrogens is 5. The first kappa shape index (κ1) is 20.1. The molecule has 0 atom stereocenters. The number of carbonyl (C=O) groups is 2. The van der Waals surface area contributed by atoms with Crippen LogP contribution >= 0.6 is 0 Å². The quantitative estimate of drug-likeness (QED) is 0.352. The average Bonchev–Trinajstić information content (AvgIpc) is 3.41. The smallest absolute Gasteiger partial charge is 0.340 e. The van der Waals surface area contributed by atoms with Crippen molar-refractivity contribution in [1.82, 2.24) is 24.8 Å². The van der Waals surface area contributed by atoms with Gasteiger partial charge in [-0.15, -0.1) is 5.10 Å². The number of tetrazole rings is 1.